The van der Waals surface area contributed by atoms with Crippen molar-refractivity contribution in [3.05, 3.63) is 180 Å². The van der Waals surface area contributed by atoms with Crippen molar-refractivity contribution >= 4 is 96.9 Å². The van der Waals surface area contributed by atoms with Crippen LogP contribution in [0.25, 0.3) is 98.0 Å². The van der Waals surface area contributed by atoms with E-state index in [4.69, 9.17) is 0 Å². The third-order valence-electron chi connectivity index (χ3n) is 23.8. The van der Waals surface area contributed by atoms with Crippen molar-refractivity contribution in [3.8, 4) is 79.2 Å². The average molecular weight is 1330 g/mol. The van der Waals surface area contributed by atoms with Crippen LogP contribution in [0.2, 0.25) is 66.5 Å². The minimum absolute atomic E-state index is 0.523. The maximum Gasteiger partial charge on any atom is 0.146 e. The lowest BCUT2D eigenvalue weighted by atomic mass is 9.89. The smallest absolute Gasteiger partial charge is 0.125 e. The summed E-state index contributed by atoms with van der Waals surface area (Å²) in [6.45, 7) is 58.1. The van der Waals surface area contributed by atoms with E-state index in [0.29, 0.717) is 66.5 Å². The van der Waals surface area contributed by atoms with Gasteiger partial charge < -0.3 is 0 Å². The molecule has 0 aliphatic heterocycles. The van der Waals surface area contributed by atoms with Gasteiger partial charge in [-0.1, -0.05) is 299 Å². The Morgan fingerprint density at radius 3 is 0.594 bits per heavy atom. The highest BCUT2D eigenvalue weighted by Crippen LogP contribution is 2.47. The lowest BCUT2D eigenvalue weighted by molar-refractivity contribution is 0.838. The standard InChI is InChI=1S/C92H110Si4/c1-59(2)93(60(3)4,61(5)6)47-43-85-81-35-25-27-37-83(81)87(45-49-95(65(13)14,66(15)16)67(17)18)91-57-79-53-75(39-41-77(79)55-89(85)91)73-33-29-31-71(51-73)72-32-30-34-74(52-72)76-40-42-78-56-90-86(44-48-94(62(7)8,63(9)10)64(11)12)82-36-26-28-38-84(82)88(92(90)58-80(78)54-76)46-50-96(68(19)20,69(21)22)70(23)24/h25-42,51-70H,1-24H3. The predicted molar refractivity (Wildman–Crippen MR) is 439 cm³/mol. The molecule has 0 saturated carbocycles. The molecule has 0 aromatic heterocycles. The van der Waals surface area contributed by atoms with E-state index in [9.17, 15) is 0 Å². The zero-order valence-electron chi connectivity index (χ0n) is 62.9. The monoisotopic (exact) mass is 1330 g/mol. The Bertz CT molecular complexity index is 4460. The molecule has 4 heteroatoms. The molecule has 0 spiro atoms. The summed E-state index contributed by atoms with van der Waals surface area (Å²) in [5.74, 6) is 16.2. The van der Waals surface area contributed by atoms with Gasteiger partial charge in [-0.3, -0.25) is 0 Å². The van der Waals surface area contributed by atoms with Crippen molar-refractivity contribution in [2.24, 2.45) is 0 Å². The summed E-state index contributed by atoms with van der Waals surface area (Å²) in [4.78, 5) is 0. The maximum atomic E-state index is 4.18. The Hall–Kier alpha value is -7.13. The second-order valence-electron chi connectivity index (χ2n) is 32.3. The first kappa shape index (κ1) is 71.6. The second kappa shape index (κ2) is 28.4. The fourth-order valence-electron chi connectivity index (χ4n) is 18.9. The van der Waals surface area contributed by atoms with Gasteiger partial charge >= 0.3 is 0 Å². The lowest BCUT2D eigenvalue weighted by Gasteiger charge is -2.38. The number of hydrogen-bond donors (Lipinski definition) is 0. The Morgan fingerprint density at radius 1 is 0.188 bits per heavy atom. The van der Waals surface area contributed by atoms with E-state index in [0.717, 1.165) is 22.3 Å². The molecule has 0 bridgehead atoms. The van der Waals surface area contributed by atoms with Gasteiger partial charge in [0.25, 0.3) is 0 Å². The number of hydrogen-bond acceptors (Lipinski definition) is 0. The highest BCUT2D eigenvalue weighted by Gasteiger charge is 2.45. The van der Waals surface area contributed by atoms with E-state index in [2.05, 4.69) is 370 Å². The van der Waals surface area contributed by atoms with E-state index >= 15 is 0 Å². The van der Waals surface area contributed by atoms with Crippen molar-refractivity contribution < 1.29 is 0 Å². The third-order valence-corrected chi connectivity index (χ3v) is 48.9. The molecule has 0 fully saturated rings. The van der Waals surface area contributed by atoms with Crippen molar-refractivity contribution in [1.29, 1.82) is 0 Å². The van der Waals surface area contributed by atoms with Crippen LogP contribution < -0.4 is 0 Å². The van der Waals surface area contributed by atoms with Crippen LogP contribution in [0.1, 0.15) is 188 Å². The van der Waals surface area contributed by atoms with Gasteiger partial charge in [0, 0.05) is 22.3 Å². The summed E-state index contributed by atoms with van der Waals surface area (Å²) in [6.07, 6.45) is 0. The fourth-order valence-corrected chi connectivity index (χ4v) is 39.7. The van der Waals surface area contributed by atoms with Crippen LogP contribution in [0, 0.1) is 45.9 Å². The molecule has 0 aliphatic carbocycles. The molecular weight excluding hydrogens is 1220 g/mol. The molecule has 10 aromatic rings. The zero-order valence-corrected chi connectivity index (χ0v) is 66.9. The summed E-state index contributed by atoms with van der Waals surface area (Å²) >= 11 is 0. The molecule has 0 nitrogen and oxygen atoms in total. The summed E-state index contributed by atoms with van der Waals surface area (Å²) in [5, 5.41) is 14.5. The zero-order chi connectivity index (χ0) is 69.7. The highest BCUT2D eigenvalue weighted by molar-refractivity contribution is 6.92. The van der Waals surface area contributed by atoms with E-state index in [-0.39, 0.29) is 0 Å². The van der Waals surface area contributed by atoms with Crippen molar-refractivity contribution in [2.45, 2.75) is 233 Å². The van der Waals surface area contributed by atoms with Crippen LogP contribution in [0.4, 0.5) is 0 Å². The normalized spacial score (nSPS) is 12.8. The first-order valence-corrected chi connectivity index (χ1v) is 45.6. The molecule has 96 heavy (non-hydrogen) atoms. The molecule has 10 rings (SSSR count). The van der Waals surface area contributed by atoms with Crippen LogP contribution in [0.3, 0.4) is 0 Å². The fraction of sp³-hybridized carbons (Fsp3) is 0.391. The molecule has 0 amide bonds. The van der Waals surface area contributed by atoms with Gasteiger partial charge in [0.2, 0.25) is 0 Å². The second-order valence-corrected chi connectivity index (χ2v) is 54.6. The quantitative estimate of drug-likeness (QED) is 0.0545. The van der Waals surface area contributed by atoms with Crippen molar-refractivity contribution in [1.82, 2.24) is 0 Å². The first-order chi connectivity index (χ1) is 45.5. The minimum Gasteiger partial charge on any atom is -0.125 e. The van der Waals surface area contributed by atoms with Gasteiger partial charge in [-0.05, 0) is 213 Å². The molecule has 0 radical (unpaired) electrons. The Labute approximate surface area is 584 Å². The molecule has 10 aromatic carbocycles. The Kier molecular flexibility index (Phi) is 21.2. The van der Waals surface area contributed by atoms with Gasteiger partial charge in [-0.15, -0.1) is 22.2 Å². The SMILES string of the molecule is CC(C)[Si](C#Cc1c2ccccc2c(C#C[Si](C(C)C)(C(C)C)C(C)C)c2cc3cc(-c4cccc(-c5cccc(-c6ccc7cc8c(C#C[Si](C(C)C)(C(C)C)C(C)C)c9ccccc9c(C#C[Si](C(C)C)(C(C)C)C(C)C)c8cc7c6)c5)c4)ccc3cc12)(C(C)C)C(C)C. The maximum absolute atomic E-state index is 4.18. The van der Waals surface area contributed by atoms with Crippen LogP contribution in [0.15, 0.2) is 158 Å². The molecule has 0 heterocycles. The van der Waals surface area contributed by atoms with Crippen LogP contribution in [-0.2, 0) is 0 Å². The van der Waals surface area contributed by atoms with Crippen LogP contribution >= 0.6 is 0 Å². The summed E-state index contributed by atoms with van der Waals surface area (Å²) in [5.41, 5.74) is 34.7. The van der Waals surface area contributed by atoms with Crippen LogP contribution in [0.5, 0.6) is 0 Å². The first-order valence-electron chi connectivity index (χ1n) is 36.7. The molecule has 494 valence electrons. The van der Waals surface area contributed by atoms with Gasteiger partial charge in [0.1, 0.15) is 32.3 Å². The molecular formula is C92H110Si4. The molecule has 0 unspecified atom stereocenters. The summed E-state index contributed by atoms with van der Waals surface area (Å²) in [7, 11) is -8.33. The molecule has 0 saturated heterocycles. The Morgan fingerprint density at radius 2 is 0.385 bits per heavy atom. The lowest BCUT2D eigenvalue weighted by Crippen LogP contribution is -2.43. The number of rotatable bonds is 15. The topological polar surface area (TPSA) is 0 Å². The molecule has 0 aliphatic rings. The Balaban J connectivity index is 1.12. The van der Waals surface area contributed by atoms with Gasteiger partial charge in [0.05, 0.1) is 0 Å². The van der Waals surface area contributed by atoms with Gasteiger partial charge in [-0.25, -0.2) is 0 Å². The van der Waals surface area contributed by atoms with Crippen LogP contribution in [-0.4, -0.2) is 32.3 Å². The number of fused-ring (bicyclic) bond motifs is 6. The highest BCUT2D eigenvalue weighted by atomic mass is 28.3. The average Bonchev–Trinajstić information content (AvgIpc) is 0.741. The van der Waals surface area contributed by atoms with E-state index in [1.54, 1.807) is 0 Å². The summed E-state index contributed by atoms with van der Waals surface area (Å²) in [6, 6.07) is 60.3. The minimum atomic E-state index is -2.09. The van der Waals surface area contributed by atoms with E-state index in [1.807, 2.05) is 0 Å². The third kappa shape index (κ3) is 12.7. The number of benzene rings is 10. The van der Waals surface area contributed by atoms with Crippen molar-refractivity contribution in [3.63, 3.8) is 0 Å². The largest absolute Gasteiger partial charge is 0.146 e. The summed E-state index contributed by atoms with van der Waals surface area (Å²) < 4.78 is 0. The van der Waals surface area contributed by atoms with E-state index < -0.39 is 32.3 Å². The van der Waals surface area contributed by atoms with Gasteiger partial charge in [0.15, 0.2) is 0 Å². The molecule has 0 N–H and O–H groups in total. The van der Waals surface area contributed by atoms with Gasteiger partial charge in [-0.2, -0.15) is 0 Å². The van der Waals surface area contributed by atoms with Crippen molar-refractivity contribution in [2.75, 3.05) is 0 Å². The van der Waals surface area contributed by atoms with E-state index in [1.165, 1.54) is 98.0 Å². The predicted octanol–water partition coefficient (Wildman–Crippen LogP) is 27.9. The molecule has 0 atom stereocenters.